The molecule has 0 fully saturated rings. The van der Waals surface area contributed by atoms with E-state index in [1.807, 2.05) is 0 Å². The molecule has 1 aliphatic rings. The quantitative estimate of drug-likeness (QED) is 0.846. The van der Waals surface area contributed by atoms with E-state index in [0.717, 1.165) is 10.1 Å². The molecule has 1 unspecified atom stereocenters. The van der Waals surface area contributed by atoms with Gasteiger partial charge in [-0.1, -0.05) is 18.2 Å². The van der Waals surface area contributed by atoms with Gasteiger partial charge in [0.15, 0.2) is 9.84 Å². The van der Waals surface area contributed by atoms with Crippen molar-refractivity contribution < 1.29 is 13.2 Å². The maximum atomic E-state index is 12.2. The van der Waals surface area contributed by atoms with Crippen molar-refractivity contribution in [2.24, 2.45) is 0 Å². The molecule has 0 radical (unpaired) electrons. The van der Waals surface area contributed by atoms with E-state index in [2.05, 4.69) is 10.4 Å². The van der Waals surface area contributed by atoms with E-state index in [1.54, 1.807) is 24.3 Å². The number of carbonyl (C=O) groups is 1. The van der Waals surface area contributed by atoms with Gasteiger partial charge in [0.1, 0.15) is 6.54 Å². The zero-order valence-electron chi connectivity index (χ0n) is 11.5. The minimum absolute atomic E-state index is 0.154. The molecular weight excluding hydrogens is 306 g/mol. The second-order valence-electron chi connectivity index (χ2n) is 5.03. The summed E-state index contributed by atoms with van der Waals surface area (Å²) in [6.45, 7) is -0.256. The highest BCUT2D eigenvalue weighted by Gasteiger charge is 2.23. The molecule has 1 amide bonds. The Bertz CT molecular complexity index is 930. The zero-order chi connectivity index (χ0) is 15.7. The van der Waals surface area contributed by atoms with Crippen LogP contribution in [0.25, 0.3) is 10.8 Å². The first-order valence-electron chi connectivity index (χ1n) is 6.60. The molecule has 0 aliphatic carbocycles. The first-order chi connectivity index (χ1) is 10.4. The molecule has 22 heavy (non-hydrogen) atoms. The molecule has 3 rings (SSSR count). The molecule has 2 heterocycles. The number of carbonyl (C=O) groups excluding carboxylic acids is 1. The topological polar surface area (TPSA) is 98.1 Å². The maximum absolute atomic E-state index is 12.2. The maximum Gasteiger partial charge on any atom is 0.275 e. The Morgan fingerprint density at radius 3 is 2.86 bits per heavy atom. The van der Waals surface area contributed by atoms with E-state index in [4.69, 9.17) is 0 Å². The van der Waals surface area contributed by atoms with Crippen molar-refractivity contribution in [2.45, 2.75) is 12.6 Å². The van der Waals surface area contributed by atoms with Crippen LogP contribution in [-0.2, 0) is 21.2 Å². The smallest absolute Gasteiger partial charge is 0.275 e. The minimum Gasteiger partial charge on any atom is -0.347 e. The molecule has 1 atom stereocenters. The number of nitrogens with zero attached hydrogens (tertiary/aromatic N) is 2. The summed E-state index contributed by atoms with van der Waals surface area (Å²) in [5.74, 6) is -0.615. The van der Waals surface area contributed by atoms with E-state index in [1.165, 1.54) is 12.3 Å². The molecule has 114 valence electrons. The van der Waals surface area contributed by atoms with Crippen LogP contribution in [0.15, 0.2) is 46.7 Å². The van der Waals surface area contributed by atoms with Crippen LogP contribution in [0.1, 0.15) is 0 Å². The number of aromatic nitrogens is 2. The summed E-state index contributed by atoms with van der Waals surface area (Å²) in [6.07, 6.45) is 2.94. The van der Waals surface area contributed by atoms with Crippen LogP contribution in [0, 0.1) is 0 Å². The summed E-state index contributed by atoms with van der Waals surface area (Å²) >= 11 is 0. The lowest BCUT2D eigenvalue weighted by atomic mass is 10.2. The summed E-state index contributed by atoms with van der Waals surface area (Å²) < 4.78 is 23.6. The van der Waals surface area contributed by atoms with Gasteiger partial charge in [-0.2, -0.15) is 5.10 Å². The first-order valence-corrected chi connectivity index (χ1v) is 8.31. The molecule has 1 aromatic carbocycles. The molecule has 2 aromatic rings. The number of fused-ring (bicyclic) bond motifs is 1. The fourth-order valence-electron chi connectivity index (χ4n) is 2.29. The Labute approximate surface area is 126 Å². The molecule has 7 nitrogen and oxygen atoms in total. The van der Waals surface area contributed by atoms with E-state index < -0.39 is 21.8 Å². The van der Waals surface area contributed by atoms with Crippen molar-refractivity contribution in [2.75, 3.05) is 5.75 Å². The third-order valence-electron chi connectivity index (χ3n) is 3.33. The van der Waals surface area contributed by atoms with Gasteiger partial charge in [0.25, 0.3) is 5.56 Å². The number of hydrogen-bond donors (Lipinski definition) is 1. The van der Waals surface area contributed by atoms with Crippen molar-refractivity contribution in [1.29, 1.82) is 0 Å². The third-order valence-corrected chi connectivity index (χ3v) is 4.73. The van der Waals surface area contributed by atoms with Crippen LogP contribution < -0.4 is 10.9 Å². The number of hydrogen-bond acceptors (Lipinski definition) is 5. The monoisotopic (exact) mass is 319 g/mol. The van der Waals surface area contributed by atoms with Crippen LogP contribution in [0.3, 0.4) is 0 Å². The van der Waals surface area contributed by atoms with Crippen molar-refractivity contribution >= 4 is 26.5 Å². The number of amides is 1. The fourth-order valence-corrected chi connectivity index (χ4v) is 3.53. The van der Waals surface area contributed by atoms with Gasteiger partial charge in [0.05, 0.1) is 23.4 Å². The third kappa shape index (κ3) is 2.91. The summed E-state index contributed by atoms with van der Waals surface area (Å²) in [6, 6.07) is 6.41. The van der Waals surface area contributed by atoms with Crippen LogP contribution in [0.5, 0.6) is 0 Å². The summed E-state index contributed by atoms with van der Waals surface area (Å²) in [7, 11) is -3.23. The van der Waals surface area contributed by atoms with Gasteiger partial charge in [-0.15, -0.1) is 0 Å². The molecule has 0 saturated heterocycles. The van der Waals surface area contributed by atoms with Crippen molar-refractivity contribution in [3.8, 4) is 0 Å². The highest BCUT2D eigenvalue weighted by molar-refractivity contribution is 7.94. The van der Waals surface area contributed by atoms with Gasteiger partial charge in [-0.3, -0.25) is 9.59 Å². The van der Waals surface area contributed by atoms with E-state index in [9.17, 15) is 18.0 Å². The van der Waals surface area contributed by atoms with Gasteiger partial charge in [0.2, 0.25) is 5.91 Å². The second-order valence-corrected chi connectivity index (χ2v) is 6.96. The largest absolute Gasteiger partial charge is 0.347 e. The van der Waals surface area contributed by atoms with Gasteiger partial charge < -0.3 is 5.32 Å². The summed E-state index contributed by atoms with van der Waals surface area (Å²) in [5, 5.41) is 8.77. The van der Waals surface area contributed by atoms with Gasteiger partial charge in [-0.25, -0.2) is 13.1 Å². The van der Waals surface area contributed by atoms with Crippen molar-refractivity contribution in [3.63, 3.8) is 0 Å². The Morgan fingerprint density at radius 1 is 1.36 bits per heavy atom. The molecule has 1 aliphatic heterocycles. The Hall–Kier alpha value is -2.48. The molecule has 0 bridgehead atoms. The minimum atomic E-state index is -3.23. The normalized spacial score (nSPS) is 19.4. The predicted molar refractivity (Wildman–Crippen MR) is 80.9 cm³/mol. The first kappa shape index (κ1) is 14.5. The Morgan fingerprint density at radius 2 is 2.14 bits per heavy atom. The second kappa shape index (κ2) is 5.38. The SMILES string of the molecule is O=C(Cn1ncc2ccccc2c1=O)NC1C=CS(=O)(=O)C1. The fraction of sp³-hybridized carbons (Fsp3) is 0.214. The average Bonchev–Trinajstić information content (AvgIpc) is 2.81. The van der Waals surface area contributed by atoms with Crippen LogP contribution in [0.4, 0.5) is 0 Å². The lowest BCUT2D eigenvalue weighted by Crippen LogP contribution is -2.40. The van der Waals surface area contributed by atoms with Crippen molar-refractivity contribution in [3.05, 3.63) is 52.3 Å². The molecule has 0 spiro atoms. The lowest BCUT2D eigenvalue weighted by Gasteiger charge is -2.10. The summed E-state index contributed by atoms with van der Waals surface area (Å²) in [5.41, 5.74) is -0.358. The Kier molecular flexibility index (Phi) is 3.53. The van der Waals surface area contributed by atoms with Gasteiger partial charge in [-0.05, 0) is 12.1 Å². The molecule has 1 N–H and O–H groups in total. The number of benzene rings is 1. The van der Waals surface area contributed by atoms with E-state index >= 15 is 0 Å². The zero-order valence-corrected chi connectivity index (χ0v) is 12.3. The van der Waals surface area contributed by atoms with Crippen molar-refractivity contribution in [1.82, 2.24) is 15.1 Å². The number of nitrogens with one attached hydrogen (secondary N) is 1. The predicted octanol–water partition coefficient (Wildman–Crippen LogP) is -0.177. The van der Waals surface area contributed by atoms with Gasteiger partial charge in [0, 0.05) is 10.8 Å². The standard InChI is InChI=1S/C14H13N3O4S/c18-13(16-11-5-6-22(20,21)9-11)8-17-14(19)12-4-2-1-3-10(12)7-15-17/h1-7,11H,8-9H2,(H,16,18). The van der Waals surface area contributed by atoms with Crippen LogP contribution in [-0.4, -0.2) is 35.9 Å². The number of rotatable bonds is 3. The lowest BCUT2D eigenvalue weighted by molar-refractivity contribution is -0.122. The van der Waals surface area contributed by atoms with E-state index in [-0.39, 0.29) is 17.9 Å². The van der Waals surface area contributed by atoms with Crippen LogP contribution in [0.2, 0.25) is 0 Å². The highest BCUT2D eigenvalue weighted by Crippen LogP contribution is 2.08. The Balaban J connectivity index is 1.76. The van der Waals surface area contributed by atoms with Crippen LogP contribution >= 0.6 is 0 Å². The average molecular weight is 319 g/mol. The molecule has 1 aromatic heterocycles. The number of sulfone groups is 1. The molecular formula is C14H13N3O4S. The highest BCUT2D eigenvalue weighted by atomic mass is 32.2. The van der Waals surface area contributed by atoms with E-state index in [0.29, 0.717) is 10.8 Å². The van der Waals surface area contributed by atoms with Gasteiger partial charge >= 0.3 is 0 Å². The summed E-state index contributed by atoms with van der Waals surface area (Å²) in [4.78, 5) is 24.1. The molecule has 0 saturated carbocycles. The molecule has 8 heteroatoms.